The maximum Gasteiger partial charge on any atom is 0.399 e. The van der Waals surface area contributed by atoms with Crippen LogP contribution in [0.5, 0.6) is 0 Å². The van der Waals surface area contributed by atoms with Crippen molar-refractivity contribution in [1.29, 1.82) is 0 Å². The van der Waals surface area contributed by atoms with Crippen LogP contribution in [0.4, 0.5) is 13.2 Å². The predicted octanol–water partition coefficient (Wildman–Crippen LogP) is 1.53. The Morgan fingerprint density at radius 2 is 2.18 bits per heavy atom. The minimum Gasteiger partial charge on any atom is -0.337 e. The van der Waals surface area contributed by atoms with E-state index in [0.29, 0.717) is 0 Å². The maximum absolute atomic E-state index is 11.7. The lowest BCUT2D eigenvalue weighted by Gasteiger charge is -2.04. The zero-order valence-electron chi connectivity index (χ0n) is 5.76. The first-order valence-electron chi connectivity index (χ1n) is 2.89. The molecule has 1 aromatic heterocycles. The van der Waals surface area contributed by atoms with Crippen LogP contribution < -0.4 is 0 Å². The third-order valence-electron chi connectivity index (χ3n) is 1.15. The summed E-state index contributed by atoms with van der Waals surface area (Å²) < 4.78 is 36.4. The van der Waals surface area contributed by atoms with Crippen LogP contribution in [0.2, 0.25) is 0 Å². The second-order valence-corrected chi connectivity index (χ2v) is 2.08. The fourth-order valence-corrected chi connectivity index (χ4v) is 0.663. The SMILES string of the molecule is Cn1ccnc1[CH]C(F)(F)F. The second kappa shape index (κ2) is 2.56. The predicted molar refractivity (Wildman–Crippen MR) is 32.7 cm³/mol. The van der Waals surface area contributed by atoms with Crippen molar-refractivity contribution in [2.45, 2.75) is 6.18 Å². The van der Waals surface area contributed by atoms with Gasteiger partial charge in [-0.3, -0.25) is 0 Å². The largest absolute Gasteiger partial charge is 0.399 e. The van der Waals surface area contributed by atoms with Crippen LogP contribution in [0.1, 0.15) is 5.82 Å². The summed E-state index contributed by atoms with van der Waals surface area (Å²) in [5.74, 6) is -0.0856. The van der Waals surface area contributed by atoms with E-state index >= 15 is 0 Å². The van der Waals surface area contributed by atoms with Crippen molar-refractivity contribution in [2.24, 2.45) is 7.05 Å². The van der Waals surface area contributed by atoms with Gasteiger partial charge in [0.25, 0.3) is 0 Å². The number of hydrogen-bond donors (Lipinski definition) is 0. The topological polar surface area (TPSA) is 17.8 Å². The average Bonchev–Trinajstić information content (AvgIpc) is 2.12. The van der Waals surface area contributed by atoms with Crippen molar-refractivity contribution in [2.75, 3.05) is 0 Å². The Kier molecular flexibility index (Phi) is 1.89. The van der Waals surface area contributed by atoms with Gasteiger partial charge in [-0.1, -0.05) is 0 Å². The Labute approximate surface area is 61.7 Å². The Bertz CT molecular complexity index is 238. The summed E-state index contributed by atoms with van der Waals surface area (Å²) in [6.45, 7) is 0. The zero-order chi connectivity index (χ0) is 8.48. The van der Waals surface area contributed by atoms with E-state index in [4.69, 9.17) is 0 Å². The summed E-state index contributed by atoms with van der Waals surface area (Å²) in [4.78, 5) is 3.49. The number of halogens is 3. The molecule has 1 radical (unpaired) electrons. The molecule has 0 aliphatic rings. The van der Waals surface area contributed by atoms with Gasteiger partial charge in [-0.25, -0.2) is 4.98 Å². The van der Waals surface area contributed by atoms with Crippen LogP contribution in [0, 0.1) is 6.42 Å². The van der Waals surface area contributed by atoms with Crippen molar-refractivity contribution >= 4 is 0 Å². The summed E-state index contributed by atoms with van der Waals surface area (Å²) in [7, 11) is 1.50. The van der Waals surface area contributed by atoms with E-state index in [9.17, 15) is 13.2 Å². The van der Waals surface area contributed by atoms with Crippen molar-refractivity contribution < 1.29 is 13.2 Å². The van der Waals surface area contributed by atoms with Gasteiger partial charge in [0, 0.05) is 19.4 Å². The number of aryl methyl sites for hydroxylation is 1. The van der Waals surface area contributed by atoms with E-state index in [1.807, 2.05) is 0 Å². The third kappa shape index (κ3) is 2.25. The van der Waals surface area contributed by atoms with Gasteiger partial charge in [0.2, 0.25) is 0 Å². The molecule has 0 amide bonds. The number of alkyl halides is 3. The van der Waals surface area contributed by atoms with Crippen LogP contribution in [0.25, 0.3) is 0 Å². The first kappa shape index (κ1) is 8.10. The lowest BCUT2D eigenvalue weighted by Crippen LogP contribution is -2.12. The molecule has 1 heterocycles. The molecule has 0 aliphatic heterocycles. The summed E-state index contributed by atoms with van der Waals surface area (Å²) in [6, 6.07) is 0. The Hall–Kier alpha value is -1.00. The molecule has 0 aromatic carbocycles. The molecule has 1 rings (SSSR count). The van der Waals surface area contributed by atoms with E-state index in [2.05, 4.69) is 4.98 Å². The molecule has 0 unspecified atom stereocenters. The lowest BCUT2D eigenvalue weighted by atomic mass is 10.4. The maximum atomic E-state index is 11.7. The van der Waals surface area contributed by atoms with E-state index in [-0.39, 0.29) is 12.2 Å². The zero-order valence-corrected chi connectivity index (χ0v) is 5.76. The summed E-state index contributed by atoms with van der Waals surface area (Å²) >= 11 is 0. The van der Waals surface area contributed by atoms with E-state index in [0.717, 1.165) is 0 Å². The number of rotatable bonds is 1. The van der Waals surface area contributed by atoms with Gasteiger partial charge in [-0.05, 0) is 0 Å². The van der Waals surface area contributed by atoms with E-state index < -0.39 is 6.18 Å². The molecule has 0 bridgehead atoms. The molecule has 0 spiro atoms. The van der Waals surface area contributed by atoms with Crippen molar-refractivity contribution in [1.82, 2.24) is 9.55 Å². The molecule has 61 valence electrons. The standard InChI is InChI=1S/C6H6F3N2/c1-11-3-2-10-5(11)4-6(7,8)9/h2-4H,1H3. The normalized spacial score (nSPS) is 12.0. The van der Waals surface area contributed by atoms with Gasteiger partial charge in [-0.2, -0.15) is 13.2 Å². The van der Waals surface area contributed by atoms with Gasteiger partial charge < -0.3 is 4.57 Å². The smallest absolute Gasteiger partial charge is 0.337 e. The minimum atomic E-state index is -4.29. The van der Waals surface area contributed by atoms with Gasteiger partial charge in [0.15, 0.2) is 0 Å². The number of nitrogens with zero attached hydrogens (tertiary/aromatic N) is 2. The molecule has 0 atom stereocenters. The first-order chi connectivity index (χ1) is 4.99. The molecule has 5 heteroatoms. The molecule has 0 saturated carbocycles. The highest BCUT2D eigenvalue weighted by molar-refractivity contribution is 5.06. The average molecular weight is 163 g/mol. The fourth-order valence-electron chi connectivity index (χ4n) is 0.663. The Morgan fingerprint density at radius 1 is 1.55 bits per heavy atom. The number of aromatic nitrogens is 2. The van der Waals surface area contributed by atoms with Gasteiger partial charge in [0.1, 0.15) is 12.2 Å². The molecular formula is C6H6F3N2. The Balaban J connectivity index is 2.72. The fraction of sp³-hybridized carbons (Fsp3) is 0.333. The molecule has 11 heavy (non-hydrogen) atoms. The molecular weight excluding hydrogens is 157 g/mol. The molecule has 1 aromatic rings. The van der Waals surface area contributed by atoms with Crippen LogP contribution in [0.15, 0.2) is 12.4 Å². The van der Waals surface area contributed by atoms with Crippen molar-refractivity contribution in [3.8, 4) is 0 Å². The summed E-state index contributed by atoms with van der Waals surface area (Å²) in [6.07, 6.45) is -1.36. The quantitative estimate of drug-likeness (QED) is 0.613. The van der Waals surface area contributed by atoms with Gasteiger partial charge >= 0.3 is 6.18 Å². The van der Waals surface area contributed by atoms with Gasteiger partial charge in [0.05, 0.1) is 0 Å². The van der Waals surface area contributed by atoms with Crippen LogP contribution in [0.3, 0.4) is 0 Å². The van der Waals surface area contributed by atoms with Crippen LogP contribution in [-0.4, -0.2) is 15.7 Å². The van der Waals surface area contributed by atoms with E-state index in [1.165, 1.54) is 24.0 Å². The monoisotopic (exact) mass is 163 g/mol. The van der Waals surface area contributed by atoms with Crippen molar-refractivity contribution in [3.05, 3.63) is 24.6 Å². The van der Waals surface area contributed by atoms with E-state index in [1.54, 1.807) is 0 Å². The highest BCUT2D eigenvalue weighted by Crippen LogP contribution is 2.21. The number of hydrogen-bond acceptors (Lipinski definition) is 1. The molecule has 2 nitrogen and oxygen atoms in total. The molecule has 0 saturated heterocycles. The highest BCUT2D eigenvalue weighted by Gasteiger charge is 2.30. The van der Waals surface area contributed by atoms with Crippen LogP contribution >= 0.6 is 0 Å². The summed E-state index contributed by atoms with van der Waals surface area (Å²) in [5.41, 5.74) is 0. The second-order valence-electron chi connectivity index (χ2n) is 2.08. The lowest BCUT2D eigenvalue weighted by molar-refractivity contribution is -0.0938. The van der Waals surface area contributed by atoms with Gasteiger partial charge in [-0.15, -0.1) is 0 Å². The minimum absolute atomic E-state index is 0.0856. The molecule has 0 fully saturated rings. The molecule has 0 N–H and O–H groups in total. The Morgan fingerprint density at radius 3 is 2.55 bits per heavy atom. The van der Waals surface area contributed by atoms with Crippen molar-refractivity contribution in [3.63, 3.8) is 0 Å². The molecule has 0 aliphatic carbocycles. The van der Waals surface area contributed by atoms with Crippen LogP contribution in [-0.2, 0) is 7.05 Å². The number of imidazole rings is 1. The first-order valence-corrected chi connectivity index (χ1v) is 2.89. The highest BCUT2D eigenvalue weighted by atomic mass is 19.4. The third-order valence-corrected chi connectivity index (χ3v) is 1.15. The summed E-state index contributed by atoms with van der Waals surface area (Å²) in [5, 5.41) is 0.